The van der Waals surface area contributed by atoms with Gasteiger partial charge in [-0.05, 0) is 61.9 Å². The summed E-state index contributed by atoms with van der Waals surface area (Å²) >= 11 is 7.50. The van der Waals surface area contributed by atoms with Crippen LogP contribution in [-0.4, -0.2) is 50.8 Å². The van der Waals surface area contributed by atoms with E-state index < -0.39 is 34.5 Å². The van der Waals surface area contributed by atoms with Crippen molar-refractivity contribution in [2.75, 3.05) is 25.6 Å². The first kappa shape index (κ1) is 29.7. The number of amides is 1. The Kier molecular flexibility index (Phi) is 9.62. The summed E-state index contributed by atoms with van der Waals surface area (Å²) in [7, 11) is -2.52. The number of rotatable bonds is 10. The number of ether oxygens (including phenoxy) is 2. The molecule has 1 heterocycles. The molecular weight excluding hydrogens is 576 g/mol. The van der Waals surface area contributed by atoms with E-state index in [1.807, 2.05) is 30.3 Å². The molecule has 0 bridgehead atoms. The van der Waals surface area contributed by atoms with Crippen molar-refractivity contribution in [3.8, 4) is 0 Å². The lowest BCUT2D eigenvalue weighted by atomic mass is 9.95. The molecule has 4 rings (SSSR count). The molecule has 212 valence electrons. The molecule has 9 nitrogen and oxygen atoms in total. The highest BCUT2D eigenvalue weighted by molar-refractivity contribution is 7.89. The summed E-state index contributed by atoms with van der Waals surface area (Å²) in [6.45, 7) is 1.38. The molecule has 0 saturated carbocycles. The smallest absolute Gasteiger partial charge is 0.341 e. The van der Waals surface area contributed by atoms with Crippen LogP contribution in [0.3, 0.4) is 0 Å². The Hall–Kier alpha value is -3.25. The van der Waals surface area contributed by atoms with E-state index in [9.17, 15) is 22.8 Å². The summed E-state index contributed by atoms with van der Waals surface area (Å²) in [5.74, 6) is -2.12. The third kappa shape index (κ3) is 6.72. The number of esters is 2. The summed E-state index contributed by atoms with van der Waals surface area (Å²) in [6.07, 6.45) is 3.48. The molecule has 0 saturated heterocycles. The molecule has 1 aliphatic rings. The van der Waals surface area contributed by atoms with Gasteiger partial charge >= 0.3 is 11.9 Å². The van der Waals surface area contributed by atoms with E-state index >= 15 is 0 Å². The van der Waals surface area contributed by atoms with Crippen molar-refractivity contribution in [2.45, 2.75) is 44.0 Å². The highest BCUT2D eigenvalue weighted by Gasteiger charge is 2.28. The lowest BCUT2D eigenvalue weighted by Crippen LogP contribution is -2.27. The molecule has 1 amide bonds. The van der Waals surface area contributed by atoms with Crippen LogP contribution in [0, 0.1) is 0 Å². The molecule has 1 N–H and O–H groups in total. The number of carbonyl (C=O) groups is 3. The molecule has 40 heavy (non-hydrogen) atoms. The second kappa shape index (κ2) is 12.9. The fourth-order valence-corrected chi connectivity index (χ4v) is 7.05. The minimum Gasteiger partial charge on any atom is -0.462 e. The molecular formula is C28H29ClN2O7S2. The lowest BCUT2D eigenvalue weighted by Gasteiger charge is -2.18. The van der Waals surface area contributed by atoms with Crippen LogP contribution in [-0.2, 0) is 43.7 Å². The maximum absolute atomic E-state index is 13.1. The third-order valence-electron chi connectivity index (χ3n) is 6.35. The van der Waals surface area contributed by atoms with Crippen molar-refractivity contribution in [2.24, 2.45) is 0 Å². The number of fused-ring (bicyclic) bond motifs is 1. The Bertz CT molecular complexity index is 1520. The number of anilines is 1. The second-order valence-corrected chi connectivity index (χ2v) is 12.7. The predicted molar refractivity (Wildman–Crippen MR) is 152 cm³/mol. The van der Waals surface area contributed by atoms with Gasteiger partial charge in [-0.3, -0.25) is 4.79 Å². The first-order valence-electron chi connectivity index (χ1n) is 12.7. The number of nitrogens with zero attached hydrogens (tertiary/aromatic N) is 1. The number of carbonyl (C=O) groups excluding carboxylic acids is 3. The Labute approximate surface area is 242 Å². The SMILES string of the molecule is CCOC(=O)c1c(NC(=O)COC(=O)c2cc(S(=O)(=O)N(C)Cc3ccccc3)ccc2Cl)sc2c1CCCC2. The van der Waals surface area contributed by atoms with E-state index in [1.54, 1.807) is 6.92 Å². The van der Waals surface area contributed by atoms with Crippen LogP contribution < -0.4 is 5.32 Å². The van der Waals surface area contributed by atoms with Crippen molar-refractivity contribution in [1.82, 2.24) is 4.31 Å². The Morgan fingerprint density at radius 3 is 2.48 bits per heavy atom. The first-order chi connectivity index (χ1) is 19.1. The molecule has 1 aliphatic carbocycles. The van der Waals surface area contributed by atoms with Crippen molar-refractivity contribution in [3.05, 3.63) is 80.7 Å². The van der Waals surface area contributed by atoms with Gasteiger partial charge < -0.3 is 14.8 Å². The highest BCUT2D eigenvalue weighted by Crippen LogP contribution is 2.38. The van der Waals surface area contributed by atoms with Crippen LogP contribution in [0.4, 0.5) is 5.00 Å². The van der Waals surface area contributed by atoms with E-state index in [1.165, 1.54) is 30.5 Å². The molecule has 0 aliphatic heterocycles. The van der Waals surface area contributed by atoms with Gasteiger partial charge in [-0.1, -0.05) is 41.9 Å². The number of sulfonamides is 1. The molecule has 0 radical (unpaired) electrons. The molecule has 12 heteroatoms. The minimum atomic E-state index is -3.96. The van der Waals surface area contributed by atoms with Crippen LogP contribution in [0.1, 0.15) is 56.5 Å². The zero-order chi connectivity index (χ0) is 28.9. The van der Waals surface area contributed by atoms with Gasteiger partial charge in [0.2, 0.25) is 10.0 Å². The number of thiophene rings is 1. The summed E-state index contributed by atoms with van der Waals surface area (Å²) in [6, 6.07) is 12.8. The van der Waals surface area contributed by atoms with Crippen LogP contribution in [0.2, 0.25) is 5.02 Å². The maximum atomic E-state index is 13.1. The average Bonchev–Trinajstić information content (AvgIpc) is 3.30. The Morgan fingerprint density at radius 1 is 1.02 bits per heavy atom. The summed E-state index contributed by atoms with van der Waals surface area (Å²) in [5.41, 5.74) is 1.85. The van der Waals surface area contributed by atoms with Crippen LogP contribution in [0.25, 0.3) is 0 Å². The normalized spacial score (nSPS) is 13.0. The fraction of sp³-hybridized carbons (Fsp3) is 0.321. The van der Waals surface area contributed by atoms with Crippen molar-refractivity contribution >= 4 is 55.8 Å². The fourth-order valence-electron chi connectivity index (χ4n) is 4.37. The van der Waals surface area contributed by atoms with Gasteiger partial charge in [0.25, 0.3) is 5.91 Å². The Morgan fingerprint density at radius 2 is 1.75 bits per heavy atom. The van der Waals surface area contributed by atoms with Gasteiger partial charge in [0.1, 0.15) is 5.00 Å². The zero-order valence-corrected chi connectivity index (χ0v) is 24.5. The Balaban J connectivity index is 1.45. The highest BCUT2D eigenvalue weighted by atomic mass is 35.5. The number of aryl methyl sites for hydroxylation is 1. The minimum absolute atomic E-state index is 0.0226. The maximum Gasteiger partial charge on any atom is 0.341 e. The molecule has 0 unspecified atom stereocenters. The standard InChI is InChI=1S/C28H29ClN2O7S2/c1-3-37-28(34)25-20-11-7-8-12-23(20)39-26(25)30-24(32)17-38-27(33)21-15-19(13-14-22(21)29)40(35,36)31(2)16-18-9-5-4-6-10-18/h4-6,9-10,13-15H,3,7-8,11-12,16-17H2,1-2H3,(H,30,32). The van der Waals surface area contributed by atoms with Gasteiger partial charge in [-0.25, -0.2) is 18.0 Å². The van der Waals surface area contributed by atoms with E-state index in [-0.39, 0.29) is 28.6 Å². The van der Waals surface area contributed by atoms with Gasteiger partial charge in [-0.2, -0.15) is 4.31 Å². The molecule has 0 fully saturated rings. The van der Waals surface area contributed by atoms with E-state index in [0.29, 0.717) is 10.6 Å². The number of halogens is 1. The van der Waals surface area contributed by atoms with Crippen molar-refractivity contribution in [3.63, 3.8) is 0 Å². The van der Waals surface area contributed by atoms with Gasteiger partial charge in [0.15, 0.2) is 6.61 Å². The summed E-state index contributed by atoms with van der Waals surface area (Å²) in [5, 5.41) is 3.01. The third-order valence-corrected chi connectivity index (χ3v) is 9.69. The topological polar surface area (TPSA) is 119 Å². The first-order valence-corrected chi connectivity index (χ1v) is 15.3. The second-order valence-electron chi connectivity index (χ2n) is 9.15. The largest absolute Gasteiger partial charge is 0.462 e. The summed E-state index contributed by atoms with van der Waals surface area (Å²) in [4.78, 5) is 39.0. The molecule has 0 atom stereocenters. The molecule has 2 aromatic carbocycles. The monoisotopic (exact) mass is 604 g/mol. The van der Waals surface area contributed by atoms with Crippen LogP contribution in [0.5, 0.6) is 0 Å². The lowest BCUT2D eigenvalue weighted by molar-refractivity contribution is -0.119. The number of benzene rings is 2. The van der Waals surface area contributed by atoms with Gasteiger partial charge in [0.05, 0.1) is 27.7 Å². The number of hydrogen-bond donors (Lipinski definition) is 1. The zero-order valence-electron chi connectivity index (χ0n) is 22.1. The molecule has 3 aromatic rings. The van der Waals surface area contributed by atoms with E-state index in [2.05, 4.69) is 5.32 Å². The van der Waals surface area contributed by atoms with E-state index in [0.717, 1.165) is 52.1 Å². The van der Waals surface area contributed by atoms with Gasteiger partial charge in [0, 0.05) is 18.5 Å². The predicted octanol–water partition coefficient (Wildman–Crippen LogP) is 5.07. The van der Waals surface area contributed by atoms with Crippen LogP contribution >= 0.6 is 22.9 Å². The summed E-state index contributed by atoms with van der Waals surface area (Å²) < 4.78 is 37.8. The van der Waals surface area contributed by atoms with Crippen LogP contribution in [0.15, 0.2) is 53.4 Å². The van der Waals surface area contributed by atoms with Crippen molar-refractivity contribution < 1.29 is 32.3 Å². The molecule has 0 spiro atoms. The quantitative estimate of drug-likeness (QED) is 0.321. The van der Waals surface area contributed by atoms with Crippen molar-refractivity contribution in [1.29, 1.82) is 0 Å². The average molecular weight is 605 g/mol. The number of hydrogen-bond acceptors (Lipinski definition) is 8. The van der Waals surface area contributed by atoms with E-state index in [4.69, 9.17) is 21.1 Å². The van der Waals surface area contributed by atoms with Gasteiger partial charge in [-0.15, -0.1) is 11.3 Å². The molecule has 1 aromatic heterocycles. The number of nitrogens with one attached hydrogen (secondary N) is 1.